The summed E-state index contributed by atoms with van der Waals surface area (Å²) in [6.07, 6.45) is 5.45. The summed E-state index contributed by atoms with van der Waals surface area (Å²) in [5.74, 6) is -0.900. The molecule has 0 bridgehead atoms. The van der Waals surface area contributed by atoms with Crippen LogP contribution in [0, 0.1) is 0 Å². The van der Waals surface area contributed by atoms with Crippen LogP contribution in [0.4, 0.5) is 5.82 Å². The van der Waals surface area contributed by atoms with Gasteiger partial charge in [0.05, 0.1) is 19.0 Å². The molecule has 2 heterocycles. The predicted molar refractivity (Wildman–Crippen MR) is 64.5 cm³/mol. The Hall–Kier alpha value is -2.77. The molecule has 0 aliphatic rings. The van der Waals surface area contributed by atoms with Crippen molar-refractivity contribution >= 4 is 17.7 Å². The van der Waals surface area contributed by atoms with Crippen LogP contribution in [0.2, 0.25) is 0 Å². The smallest absolute Gasteiger partial charge is 0.343 e. The van der Waals surface area contributed by atoms with Crippen molar-refractivity contribution in [3.8, 4) is 0 Å². The molecule has 98 valence electrons. The number of carbonyl (C=O) groups excluding carboxylic acids is 2. The van der Waals surface area contributed by atoms with Crippen LogP contribution < -0.4 is 5.32 Å². The van der Waals surface area contributed by atoms with Gasteiger partial charge in [-0.3, -0.25) is 14.9 Å². The highest BCUT2D eigenvalue weighted by Crippen LogP contribution is 2.13. The minimum absolute atomic E-state index is 0.131. The number of esters is 1. The van der Waals surface area contributed by atoms with E-state index in [0.717, 1.165) is 0 Å². The van der Waals surface area contributed by atoms with E-state index < -0.39 is 11.9 Å². The monoisotopic (exact) mass is 261 g/mol. The molecule has 8 heteroatoms. The number of aromatic amines is 1. The maximum atomic E-state index is 11.8. The molecule has 0 unspecified atom stereocenters. The summed E-state index contributed by atoms with van der Waals surface area (Å²) in [5.41, 5.74) is 0.283. The molecule has 0 aromatic carbocycles. The van der Waals surface area contributed by atoms with Crippen molar-refractivity contribution in [1.29, 1.82) is 0 Å². The standard InChI is InChI=1S/C11H11N5O3/c1-2-19-11(18)7-5-14-16-9(7)15-10(17)8-6-12-3-4-13-8/h3-6H,2H2,1H3,(H2,14,15,16,17). The predicted octanol–water partition coefficient (Wildman–Crippen LogP) is 0.629. The summed E-state index contributed by atoms with van der Waals surface area (Å²) in [7, 11) is 0. The number of hydrogen-bond acceptors (Lipinski definition) is 6. The van der Waals surface area contributed by atoms with E-state index in [0.29, 0.717) is 0 Å². The number of aromatic nitrogens is 4. The summed E-state index contributed by atoms with van der Waals surface area (Å²) < 4.78 is 4.84. The highest BCUT2D eigenvalue weighted by molar-refractivity contribution is 6.05. The second-order valence-corrected chi connectivity index (χ2v) is 3.42. The highest BCUT2D eigenvalue weighted by atomic mass is 16.5. The summed E-state index contributed by atoms with van der Waals surface area (Å²) >= 11 is 0. The Labute approximate surface area is 108 Å². The van der Waals surface area contributed by atoms with Crippen LogP contribution in [0.1, 0.15) is 27.8 Å². The molecule has 2 aromatic heterocycles. The van der Waals surface area contributed by atoms with Gasteiger partial charge in [-0.1, -0.05) is 0 Å². The largest absolute Gasteiger partial charge is 0.462 e. The van der Waals surface area contributed by atoms with Gasteiger partial charge in [-0.15, -0.1) is 0 Å². The van der Waals surface area contributed by atoms with Gasteiger partial charge in [0, 0.05) is 12.4 Å². The molecule has 0 atom stereocenters. The van der Waals surface area contributed by atoms with Crippen LogP contribution in [0.15, 0.2) is 24.8 Å². The number of nitrogens with one attached hydrogen (secondary N) is 2. The fraction of sp³-hybridized carbons (Fsp3) is 0.182. The number of carbonyl (C=O) groups is 2. The molecule has 19 heavy (non-hydrogen) atoms. The van der Waals surface area contributed by atoms with E-state index in [2.05, 4.69) is 25.5 Å². The number of hydrogen-bond donors (Lipinski definition) is 2. The molecule has 0 saturated heterocycles. The minimum atomic E-state index is -0.564. The number of nitrogens with zero attached hydrogens (tertiary/aromatic N) is 3. The first-order valence-electron chi connectivity index (χ1n) is 5.50. The van der Waals surface area contributed by atoms with Gasteiger partial charge in [-0.25, -0.2) is 9.78 Å². The third kappa shape index (κ3) is 2.92. The van der Waals surface area contributed by atoms with Gasteiger partial charge in [0.1, 0.15) is 17.1 Å². The van der Waals surface area contributed by atoms with Gasteiger partial charge in [0.25, 0.3) is 5.91 Å². The zero-order valence-electron chi connectivity index (χ0n) is 10.1. The Kier molecular flexibility index (Phi) is 3.81. The lowest BCUT2D eigenvalue weighted by Crippen LogP contribution is -2.16. The molecule has 1 amide bonds. The van der Waals surface area contributed by atoms with Crippen LogP contribution in [-0.2, 0) is 4.74 Å². The van der Waals surface area contributed by atoms with Gasteiger partial charge in [-0.2, -0.15) is 5.10 Å². The van der Waals surface area contributed by atoms with Crippen molar-refractivity contribution in [1.82, 2.24) is 20.2 Å². The van der Waals surface area contributed by atoms with E-state index >= 15 is 0 Å². The zero-order chi connectivity index (χ0) is 13.7. The van der Waals surface area contributed by atoms with Crippen LogP contribution in [0.25, 0.3) is 0 Å². The molecule has 0 aliphatic heterocycles. The third-order valence-corrected chi connectivity index (χ3v) is 2.17. The van der Waals surface area contributed by atoms with Crippen molar-refractivity contribution < 1.29 is 14.3 Å². The second-order valence-electron chi connectivity index (χ2n) is 3.42. The molecule has 0 aliphatic carbocycles. The molecular formula is C11H11N5O3. The minimum Gasteiger partial charge on any atom is -0.462 e. The Balaban J connectivity index is 2.14. The molecule has 0 saturated carbocycles. The summed E-state index contributed by atoms with van der Waals surface area (Å²) in [5, 5.41) is 8.70. The van der Waals surface area contributed by atoms with Gasteiger partial charge in [-0.05, 0) is 6.92 Å². The van der Waals surface area contributed by atoms with Crippen molar-refractivity contribution in [3.05, 3.63) is 36.0 Å². The first-order valence-corrected chi connectivity index (χ1v) is 5.50. The molecule has 0 radical (unpaired) electrons. The van der Waals surface area contributed by atoms with E-state index in [1.807, 2.05) is 0 Å². The van der Waals surface area contributed by atoms with Crippen LogP contribution in [-0.4, -0.2) is 38.6 Å². The van der Waals surface area contributed by atoms with Gasteiger partial charge in [0.15, 0.2) is 0 Å². The normalized spacial score (nSPS) is 9.95. The fourth-order valence-electron chi connectivity index (χ4n) is 1.34. The third-order valence-electron chi connectivity index (χ3n) is 2.17. The summed E-state index contributed by atoms with van der Waals surface area (Å²) in [6, 6.07) is 0. The van der Waals surface area contributed by atoms with E-state index in [-0.39, 0.29) is 23.7 Å². The molecule has 8 nitrogen and oxygen atoms in total. The van der Waals surface area contributed by atoms with Crippen molar-refractivity contribution in [2.75, 3.05) is 11.9 Å². The second kappa shape index (κ2) is 5.71. The molecule has 2 rings (SSSR count). The van der Waals surface area contributed by atoms with E-state index in [9.17, 15) is 9.59 Å². The van der Waals surface area contributed by atoms with Crippen LogP contribution in [0.5, 0.6) is 0 Å². The Morgan fingerprint density at radius 2 is 2.21 bits per heavy atom. The summed E-state index contributed by atoms with van der Waals surface area (Å²) in [6.45, 7) is 1.93. The maximum Gasteiger partial charge on any atom is 0.343 e. The van der Waals surface area contributed by atoms with Crippen molar-refractivity contribution in [3.63, 3.8) is 0 Å². The maximum absolute atomic E-state index is 11.8. The first-order chi connectivity index (χ1) is 9.22. The van der Waals surface area contributed by atoms with E-state index in [1.165, 1.54) is 24.8 Å². The Morgan fingerprint density at radius 3 is 2.89 bits per heavy atom. The number of anilines is 1. The van der Waals surface area contributed by atoms with Gasteiger partial charge in [0.2, 0.25) is 0 Å². The zero-order valence-corrected chi connectivity index (χ0v) is 10.1. The quantitative estimate of drug-likeness (QED) is 0.781. The van der Waals surface area contributed by atoms with Crippen LogP contribution in [0.3, 0.4) is 0 Å². The molecule has 0 fully saturated rings. The molecule has 2 N–H and O–H groups in total. The lowest BCUT2D eigenvalue weighted by Gasteiger charge is -2.04. The topological polar surface area (TPSA) is 110 Å². The Morgan fingerprint density at radius 1 is 1.37 bits per heavy atom. The van der Waals surface area contributed by atoms with Gasteiger partial charge < -0.3 is 10.1 Å². The average molecular weight is 261 g/mol. The molecule has 0 spiro atoms. The first kappa shape index (κ1) is 12.7. The van der Waals surface area contributed by atoms with Crippen molar-refractivity contribution in [2.24, 2.45) is 0 Å². The van der Waals surface area contributed by atoms with E-state index in [4.69, 9.17) is 4.74 Å². The lowest BCUT2D eigenvalue weighted by atomic mass is 10.3. The van der Waals surface area contributed by atoms with Gasteiger partial charge >= 0.3 is 5.97 Å². The SMILES string of the molecule is CCOC(=O)c1cn[nH]c1NC(=O)c1cnccn1. The fourth-order valence-corrected chi connectivity index (χ4v) is 1.34. The van der Waals surface area contributed by atoms with Crippen molar-refractivity contribution in [2.45, 2.75) is 6.92 Å². The number of rotatable bonds is 4. The average Bonchev–Trinajstić information content (AvgIpc) is 2.88. The number of amides is 1. The van der Waals surface area contributed by atoms with Crippen LogP contribution >= 0.6 is 0 Å². The molecule has 2 aromatic rings. The lowest BCUT2D eigenvalue weighted by molar-refractivity contribution is 0.0527. The Bertz CT molecular complexity index is 581. The number of ether oxygens (including phenoxy) is 1. The summed E-state index contributed by atoms with van der Waals surface area (Å²) in [4.78, 5) is 31.0. The highest BCUT2D eigenvalue weighted by Gasteiger charge is 2.17. The molecular weight excluding hydrogens is 250 g/mol. The number of H-pyrrole nitrogens is 1. The van der Waals surface area contributed by atoms with E-state index in [1.54, 1.807) is 6.92 Å².